The van der Waals surface area contributed by atoms with Crippen LogP contribution in [0.25, 0.3) is 0 Å². The number of rotatable bonds is 8. The largest absolute Gasteiger partial charge is 0.481 e. The molecule has 8 nitrogen and oxygen atoms in total. The summed E-state index contributed by atoms with van der Waals surface area (Å²) in [6, 6.07) is 9.57. The van der Waals surface area contributed by atoms with Crippen LogP contribution in [0.2, 0.25) is 0 Å². The lowest BCUT2D eigenvalue weighted by Crippen LogP contribution is -2.20. The highest BCUT2D eigenvalue weighted by atomic mass is 16.5. The van der Waals surface area contributed by atoms with Gasteiger partial charge >= 0.3 is 0 Å². The summed E-state index contributed by atoms with van der Waals surface area (Å²) in [5.41, 5.74) is 5.50. The number of anilines is 1. The van der Waals surface area contributed by atoms with Crippen molar-refractivity contribution in [3.05, 3.63) is 89.2 Å². The third-order valence-electron chi connectivity index (χ3n) is 5.60. The number of aromatic nitrogens is 1. The van der Waals surface area contributed by atoms with Crippen molar-refractivity contribution in [2.24, 2.45) is 4.99 Å². The first-order valence-electron chi connectivity index (χ1n) is 11.1. The number of hydrogen-bond acceptors (Lipinski definition) is 6. The van der Waals surface area contributed by atoms with Gasteiger partial charge in [0.1, 0.15) is 18.5 Å². The molecule has 4 rings (SSSR count). The zero-order valence-electron chi connectivity index (χ0n) is 19.8. The van der Waals surface area contributed by atoms with Crippen LogP contribution >= 0.6 is 0 Å². The van der Waals surface area contributed by atoms with Crippen LogP contribution in [0.5, 0.6) is 5.88 Å². The van der Waals surface area contributed by atoms with E-state index in [1.807, 2.05) is 61.4 Å². The highest BCUT2D eigenvalue weighted by molar-refractivity contribution is 6.04. The van der Waals surface area contributed by atoms with Crippen molar-refractivity contribution in [2.75, 3.05) is 19.5 Å². The highest BCUT2D eigenvalue weighted by Crippen LogP contribution is 2.22. The molecule has 1 unspecified atom stereocenters. The lowest BCUT2D eigenvalue weighted by Gasteiger charge is -2.14. The van der Waals surface area contributed by atoms with E-state index in [-0.39, 0.29) is 11.9 Å². The number of ether oxygens (including phenoxy) is 1. The average Bonchev–Trinajstić information content (AvgIpc) is 3.28. The minimum absolute atomic E-state index is 0.0456. The summed E-state index contributed by atoms with van der Waals surface area (Å²) in [7, 11) is 3.57. The van der Waals surface area contributed by atoms with Gasteiger partial charge in [0.25, 0.3) is 5.91 Å². The Labute approximate surface area is 199 Å². The van der Waals surface area contributed by atoms with Crippen molar-refractivity contribution in [1.82, 2.24) is 15.6 Å². The summed E-state index contributed by atoms with van der Waals surface area (Å²) in [5.74, 6) is 1.21. The van der Waals surface area contributed by atoms with Crippen LogP contribution in [-0.4, -0.2) is 41.7 Å². The van der Waals surface area contributed by atoms with Crippen molar-refractivity contribution in [3.63, 3.8) is 0 Å². The number of amides is 1. The average molecular weight is 458 g/mol. The van der Waals surface area contributed by atoms with Gasteiger partial charge in [-0.2, -0.15) is 0 Å². The third kappa shape index (κ3) is 5.40. The molecule has 1 aromatic carbocycles. The molecule has 8 heteroatoms. The van der Waals surface area contributed by atoms with Crippen LogP contribution in [0, 0.1) is 6.92 Å². The number of carbonyl (C=O) groups excluding carboxylic acids is 1. The predicted molar refractivity (Wildman–Crippen MR) is 134 cm³/mol. The molecule has 0 spiro atoms. The summed E-state index contributed by atoms with van der Waals surface area (Å²) >= 11 is 0. The van der Waals surface area contributed by atoms with Crippen LogP contribution < -0.4 is 20.7 Å². The Hall–Kier alpha value is -4.20. The maximum atomic E-state index is 12.6. The van der Waals surface area contributed by atoms with E-state index in [4.69, 9.17) is 4.74 Å². The van der Waals surface area contributed by atoms with Crippen LogP contribution in [0.4, 0.5) is 5.69 Å². The second-order valence-electron chi connectivity index (χ2n) is 8.28. The Morgan fingerprint density at radius 2 is 2.09 bits per heavy atom. The summed E-state index contributed by atoms with van der Waals surface area (Å²) in [4.78, 5) is 21.2. The zero-order chi connectivity index (χ0) is 24.1. The van der Waals surface area contributed by atoms with Crippen molar-refractivity contribution in [1.29, 1.82) is 0 Å². The Kier molecular flexibility index (Phi) is 6.87. The molecule has 2 aromatic rings. The van der Waals surface area contributed by atoms with Gasteiger partial charge in [-0.25, -0.2) is 14.6 Å². The number of amidine groups is 1. The van der Waals surface area contributed by atoms with E-state index in [9.17, 15) is 4.79 Å². The van der Waals surface area contributed by atoms with E-state index < -0.39 is 0 Å². The third-order valence-corrected chi connectivity index (χ3v) is 5.60. The summed E-state index contributed by atoms with van der Waals surface area (Å²) < 4.78 is 7.19. The summed E-state index contributed by atoms with van der Waals surface area (Å²) in [5, 5.41) is 9.51. The number of carbonyl (C=O) groups is 1. The minimum Gasteiger partial charge on any atom is -0.481 e. The van der Waals surface area contributed by atoms with Crippen molar-refractivity contribution in [2.45, 2.75) is 26.3 Å². The fraction of sp³-hybridized carbons (Fsp3) is 0.231. The van der Waals surface area contributed by atoms with Gasteiger partial charge in [0.2, 0.25) is 5.88 Å². The van der Waals surface area contributed by atoms with E-state index >= 15 is 0 Å². The number of nitrogens with one attached hydrogen (secondary N) is 3. The van der Waals surface area contributed by atoms with Crippen molar-refractivity contribution >= 4 is 23.6 Å². The predicted octanol–water partition coefficient (Wildman–Crippen LogP) is 3.66. The molecule has 174 valence electrons. The van der Waals surface area contributed by atoms with Gasteiger partial charge in [-0.15, -0.1) is 0 Å². The number of benzene rings is 1. The topological polar surface area (TPSA) is 90.7 Å². The number of allylic oxidation sites excluding steroid dienone is 1. The van der Waals surface area contributed by atoms with E-state index in [0.29, 0.717) is 11.4 Å². The molecule has 0 fully saturated rings. The molecule has 34 heavy (non-hydrogen) atoms. The molecule has 1 atom stereocenters. The zero-order valence-corrected chi connectivity index (χ0v) is 19.8. The van der Waals surface area contributed by atoms with Crippen LogP contribution in [0.15, 0.2) is 77.5 Å². The number of pyridine rings is 1. The van der Waals surface area contributed by atoms with Crippen molar-refractivity contribution < 1.29 is 14.1 Å². The molecule has 3 heterocycles. The quantitative estimate of drug-likeness (QED) is 0.527. The number of aryl methyl sites for hydroxylation is 1. The highest BCUT2D eigenvalue weighted by Gasteiger charge is 2.21. The normalized spacial score (nSPS) is 15.5. The number of aliphatic imine (C=N–C) groups is 1. The first-order valence-corrected chi connectivity index (χ1v) is 11.1. The summed E-state index contributed by atoms with van der Waals surface area (Å²) in [6.07, 6.45) is 12.1. The van der Waals surface area contributed by atoms with Gasteiger partial charge in [0, 0.05) is 48.5 Å². The maximum absolute atomic E-state index is 12.6. The smallest absolute Gasteiger partial charge is 0.257 e. The number of hydrogen-bond donors (Lipinski definition) is 3. The first-order chi connectivity index (χ1) is 16.4. The fourth-order valence-electron chi connectivity index (χ4n) is 3.70. The Morgan fingerprint density at radius 1 is 1.26 bits per heavy atom. The van der Waals surface area contributed by atoms with Crippen LogP contribution in [0.3, 0.4) is 0 Å². The molecule has 0 saturated heterocycles. The fourth-order valence-corrected chi connectivity index (χ4v) is 3.70. The van der Waals surface area contributed by atoms with Gasteiger partial charge in [-0.05, 0) is 43.2 Å². The molecule has 0 saturated carbocycles. The molecule has 0 aliphatic carbocycles. The SMILES string of the molecule is COc1ncc(C(=O)Nc2cccc(C(C)NC=CNC3=NC=C(C4=C[N+](C)=C4)C3)c2)cc1C. The molecular formula is C26H29N6O2+. The second-order valence-corrected chi connectivity index (χ2v) is 8.28. The molecular weight excluding hydrogens is 428 g/mol. The van der Waals surface area contributed by atoms with Crippen LogP contribution in [0.1, 0.15) is 40.9 Å². The molecule has 1 amide bonds. The van der Waals surface area contributed by atoms with E-state index in [1.165, 1.54) is 17.3 Å². The lowest BCUT2D eigenvalue weighted by molar-refractivity contribution is -0.428. The van der Waals surface area contributed by atoms with E-state index in [2.05, 4.69) is 45.3 Å². The van der Waals surface area contributed by atoms with E-state index in [1.54, 1.807) is 13.2 Å². The van der Waals surface area contributed by atoms with E-state index in [0.717, 1.165) is 29.1 Å². The Balaban J connectivity index is 1.27. The first kappa shape index (κ1) is 23.0. The molecule has 1 aromatic heterocycles. The molecule has 3 N–H and O–H groups in total. The maximum Gasteiger partial charge on any atom is 0.257 e. The molecule has 2 aliphatic rings. The van der Waals surface area contributed by atoms with Gasteiger partial charge in [-0.3, -0.25) is 4.79 Å². The minimum atomic E-state index is -0.215. The summed E-state index contributed by atoms with van der Waals surface area (Å²) in [6.45, 7) is 3.92. The molecule has 0 bridgehead atoms. The lowest BCUT2D eigenvalue weighted by atomic mass is 10.0. The van der Waals surface area contributed by atoms with Gasteiger partial charge in [0.05, 0.1) is 12.7 Å². The van der Waals surface area contributed by atoms with Gasteiger partial charge in [-0.1, -0.05) is 12.1 Å². The standard InChI is InChI=1S/C26H28N6O2/c1-17-10-21(14-30-26(17)34-4)25(33)31-23-7-5-6-19(11-23)18(2)27-8-9-28-24-12-20(13-29-24)22-15-32(3)16-22/h5-11,13-16,18,27H,12H2,1-4H3,(H-,28,29,31,33)/p+1. The van der Waals surface area contributed by atoms with Gasteiger partial charge in [0.15, 0.2) is 12.4 Å². The Morgan fingerprint density at radius 3 is 2.82 bits per heavy atom. The molecule has 2 aliphatic heterocycles. The molecule has 0 radical (unpaired) electrons. The number of methoxy groups -OCH3 is 1. The van der Waals surface area contributed by atoms with Gasteiger partial charge < -0.3 is 20.7 Å². The number of nitrogens with zero attached hydrogens (tertiary/aromatic N) is 3. The Bertz CT molecular complexity index is 1260. The van der Waals surface area contributed by atoms with Crippen molar-refractivity contribution in [3.8, 4) is 5.88 Å². The monoisotopic (exact) mass is 457 g/mol. The van der Waals surface area contributed by atoms with Crippen LogP contribution in [-0.2, 0) is 0 Å². The second kappa shape index (κ2) is 10.2.